The molecule has 0 saturated carbocycles. The molecule has 3 heteroatoms. The number of nitrogens with zero attached hydrogens (tertiary/aromatic N) is 3. The lowest BCUT2D eigenvalue weighted by Crippen LogP contribution is -1.89. The maximum absolute atomic E-state index is 9.10. The molecule has 42 heavy (non-hydrogen) atoms. The molecule has 0 aliphatic carbocycles. The normalized spacial score (nSPS) is 11.3. The van der Waals surface area contributed by atoms with Gasteiger partial charge in [-0.1, -0.05) is 84.9 Å². The third kappa shape index (κ3) is 4.15. The van der Waals surface area contributed by atoms with E-state index in [4.69, 9.17) is 10.2 Å². The fraction of sp³-hybridized carbons (Fsp3) is 0. The number of hydrogen-bond donors (Lipinski definition) is 0. The molecule has 0 aliphatic heterocycles. The van der Waals surface area contributed by atoms with Gasteiger partial charge in [0.05, 0.1) is 28.4 Å². The molecule has 2 heterocycles. The predicted octanol–water partition coefficient (Wildman–Crippen LogP) is 9.96. The summed E-state index contributed by atoms with van der Waals surface area (Å²) >= 11 is 0. The number of hydrogen-bond acceptors (Lipinski definition) is 3. The van der Waals surface area contributed by atoms with Gasteiger partial charge in [-0.15, -0.1) is 0 Å². The molecule has 6 aromatic carbocycles. The summed E-state index contributed by atoms with van der Waals surface area (Å²) in [5.41, 5.74) is 9.17. The lowest BCUT2D eigenvalue weighted by Gasteiger charge is -2.10. The van der Waals surface area contributed by atoms with Gasteiger partial charge in [-0.25, -0.2) is 4.98 Å². The van der Waals surface area contributed by atoms with Gasteiger partial charge in [0.1, 0.15) is 0 Å². The summed E-state index contributed by atoms with van der Waals surface area (Å²) in [6.07, 6.45) is 1.83. The third-order valence-corrected chi connectivity index (χ3v) is 8.09. The van der Waals surface area contributed by atoms with Crippen LogP contribution in [0, 0.1) is 11.3 Å². The molecule has 8 aromatic rings. The van der Waals surface area contributed by atoms with Gasteiger partial charge in [0.2, 0.25) is 0 Å². The molecular weight excluding hydrogens is 510 g/mol. The molecular formula is C39H23N3. The van der Waals surface area contributed by atoms with E-state index < -0.39 is 0 Å². The van der Waals surface area contributed by atoms with E-state index in [9.17, 15) is 0 Å². The SMILES string of the molecule is N#Cc1ccc(-c2ccc3cc(-c4ccc5ccc(-c6ccc7ccc8cccnc8c7n6)cc5c4)ccc3c2)cc1. The Morgan fingerprint density at radius 2 is 0.952 bits per heavy atom. The average molecular weight is 534 g/mol. The lowest BCUT2D eigenvalue weighted by molar-refractivity contribution is 1.37. The molecule has 0 amide bonds. The lowest BCUT2D eigenvalue weighted by atomic mass is 9.95. The van der Waals surface area contributed by atoms with Crippen LogP contribution in [0.1, 0.15) is 5.56 Å². The van der Waals surface area contributed by atoms with Crippen LogP contribution in [0.25, 0.3) is 76.9 Å². The van der Waals surface area contributed by atoms with Gasteiger partial charge in [0.25, 0.3) is 0 Å². The van der Waals surface area contributed by atoms with E-state index in [0.717, 1.165) is 44.2 Å². The summed E-state index contributed by atoms with van der Waals surface area (Å²) in [6, 6.07) is 48.8. The minimum Gasteiger partial charge on any atom is -0.254 e. The number of pyridine rings is 2. The van der Waals surface area contributed by atoms with Crippen LogP contribution in [0.15, 0.2) is 140 Å². The quantitative estimate of drug-likeness (QED) is 0.212. The van der Waals surface area contributed by atoms with Gasteiger partial charge in [0.15, 0.2) is 0 Å². The van der Waals surface area contributed by atoms with Crippen molar-refractivity contribution in [2.75, 3.05) is 0 Å². The van der Waals surface area contributed by atoms with Crippen LogP contribution in [0.5, 0.6) is 0 Å². The Hall–Kier alpha value is -5.85. The first-order chi connectivity index (χ1) is 20.7. The van der Waals surface area contributed by atoms with E-state index in [0.29, 0.717) is 5.56 Å². The zero-order valence-corrected chi connectivity index (χ0v) is 22.6. The first-order valence-electron chi connectivity index (χ1n) is 14.0. The Morgan fingerprint density at radius 1 is 0.429 bits per heavy atom. The molecule has 0 N–H and O–H groups in total. The summed E-state index contributed by atoms with van der Waals surface area (Å²) < 4.78 is 0. The van der Waals surface area contributed by atoms with Crippen LogP contribution >= 0.6 is 0 Å². The second-order valence-electron chi connectivity index (χ2n) is 10.7. The van der Waals surface area contributed by atoms with Gasteiger partial charge in [-0.2, -0.15) is 5.26 Å². The summed E-state index contributed by atoms with van der Waals surface area (Å²) in [5, 5.41) is 16.0. The topological polar surface area (TPSA) is 49.6 Å². The molecule has 194 valence electrons. The minimum absolute atomic E-state index is 0.672. The zero-order valence-electron chi connectivity index (χ0n) is 22.6. The van der Waals surface area contributed by atoms with Gasteiger partial charge in [-0.05, 0) is 92.3 Å². The Labute approximate surface area is 243 Å². The van der Waals surface area contributed by atoms with Crippen LogP contribution < -0.4 is 0 Å². The van der Waals surface area contributed by atoms with Crippen molar-refractivity contribution >= 4 is 43.4 Å². The van der Waals surface area contributed by atoms with E-state index in [1.807, 2.05) is 36.5 Å². The van der Waals surface area contributed by atoms with E-state index in [1.165, 1.54) is 32.7 Å². The smallest absolute Gasteiger partial charge is 0.0991 e. The van der Waals surface area contributed by atoms with Crippen molar-refractivity contribution in [3.63, 3.8) is 0 Å². The Kier molecular flexibility index (Phi) is 5.52. The highest BCUT2D eigenvalue weighted by molar-refractivity contribution is 6.03. The van der Waals surface area contributed by atoms with Crippen molar-refractivity contribution in [2.24, 2.45) is 0 Å². The molecule has 0 unspecified atom stereocenters. The van der Waals surface area contributed by atoms with Crippen molar-refractivity contribution < 1.29 is 0 Å². The highest BCUT2D eigenvalue weighted by Crippen LogP contribution is 2.32. The molecule has 0 aliphatic rings. The molecule has 0 bridgehead atoms. The number of nitriles is 1. The Bertz CT molecular complexity index is 2360. The molecule has 8 rings (SSSR count). The first-order valence-corrected chi connectivity index (χ1v) is 14.0. The fourth-order valence-electron chi connectivity index (χ4n) is 5.81. The molecule has 2 aromatic heterocycles. The van der Waals surface area contributed by atoms with Crippen LogP contribution in [-0.2, 0) is 0 Å². The second kappa shape index (κ2) is 9.66. The highest BCUT2D eigenvalue weighted by Gasteiger charge is 2.09. The third-order valence-electron chi connectivity index (χ3n) is 8.09. The minimum atomic E-state index is 0.672. The standard InChI is InChI=1S/C39H23N3/c40-24-25-3-5-26(6-4-25)30-12-13-32-21-33(15-14-31(32)20-30)34-11-7-27-8-16-35(23-36(27)22-34)37-18-17-29-10-9-28-2-1-19-41-38(28)39(29)42-37/h1-23H. The van der Waals surface area contributed by atoms with Gasteiger partial charge in [0, 0.05) is 22.5 Å². The van der Waals surface area contributed by atoms with Crippen LogP contribution in [0.2, 0.25) is 0 Å². The molecule has 3 nitrogen and oxygen atoms in total. The summed E-state index contributed by atoms with van der Waals surface area (Å²) in [5.74, 6) is 0. The van der Waals surface area contributed by atoms with Crippen molar-refractivity contribution in [1.29, 1.82) is 5.26 Å². The van der Waals surface area contributed by atoms with Crippen molar-refractivity contribution in [3.8, 4) is 39.6 Å². The molecule has 0 atom stereocenters. The average Bonchev–Trinajstić information content (AvgIpc) is 3.07. The van der Waals surface area contributed by atoms with Gasteiger partial charge < -0.3 is 0 Å². The summed E-state index contributed by atoms with van der Waals surface area (Å²) in [7, 11) is 0. The Balaban J connectivity index is 1.16. The largest absolute Gasteiger partial charge is 0.254 e. The van der Waals surface area contributed by atoms with Crippen molar-refractivity contribution in [2.45, 2.75) is 0 Å². The molecule has 0 radical (unpaired) electrons. The Morgan fingerprint density at radius 3 is 1.67 bits per heavy atom. The van der Waals surface area contributed by atoms with E-state index in [1.54, 1.807) is 0 Å². The number of rotatable bonds is 3. The van der Waals surface area contributed by atoms with Gasteiger partial charge >= 0.3 is 0 Å². The van der Waals surface area contributed by atoms with E-state index >= 15 is 0 Å². The zero-order chi connectivity index (χ0) is 28.0. The van der Waals surface area contributed by atoms with Crippen LogP contribution in [-0.4, -0.2) is 9.97 Å². The fourth-order valence-corrected chi connectivity index (χ4v) is 5.81. The van der Waals surface area contributed by atoms with Crippen molar-refractivity contribution in [1.82, 2.24) is 9.97 Å². The van der Waals surface area contributed by atoms with Crippen molar-refractivity contribution in [3.05, 3.63) is 145 Å². The van der Waals surface area contributed by atoms with Gasteiger partial charge in [-0.3, -0.25) is 4.98 Å². The maximum Gasteiger partial charge on any atom is 0.0991 e. The van der Waals surface area contributed by atoms with E-state index in [-0.39, 0.29) is 0 Å². The number of fused-ring (bicyclic) bond motifs is 5. The predicted molar refractivity (Wildman–Crippen MR) is 173 cm³/mol. The first kappa shape index (κ1) is 24.0. The monoisotopic (exact) mass is 533 g/mol. The maximum atomic E-state index is 9.10. The molecule has 0 spiro atoms. The van der Waals surface area contributed by atoms with E-state index in [2.05, 4.69) is 114 Å². The number of aromatic nitrogens is 2. The summed E-state index contributed by atoms with van der Waals surface area (Å²) in [6.45, 7) is 0. The summed E-state index contributed by atoms with van der Waals surface area (Å²) in [4.78, 5) is 9.67. The van der Waals surface area contributed by atoms with Crippen LogP contribution in [0.3, 0.4) is 0 Å². The number of benzene rings is 6. The highest BCUT2D eigenvalue weighted by atomic mass is 14.7. The molecule has 0 fully saturated rings. The molecule has 0 saturated heterocycles. The second-order valence-corrected chi connectivity index (χ2v) is 10.7. The van der Waals surface area contributed by atoms with Crippen LogP contribution in [0.4, 0.5) is 0 Å².